The maximum atomic E-state index is 5.76. The van der Waals surface area contributed by atoms with Crippen LogP contribution in [0.25, 0.3) is 11.3 Å². The van der Waals surface area contributed by atoms with Gasteiger partial charge in [0.25, 0.3) is 0 Å². The predicted octanol–water partition coefficient (Wildman–Crippen LogP) is 3.17. The largest absolute Gasteiger partial charge is 0.377 e. The molecule has 1 aromatic carbocycles. The van der Waals surface area contributed by atoms with Gasteiger partial charge in [-0.15, -0.1) is 5.10 Å². The van der Waals surface area contributed by atoms with Gasteiger partial charge in [0, 0.05) is 35.2 Å². The minimum atomic E-state index is -0.272. The van der Waals surface area contributed by atoms with E-state index < -0.39 is 0 Å². The van der Waals surface area contributed by atoms with Crippen molar-refractivity contribution >= 4 is 21.6 Å². The molecule has 3 rings (SSSR count). The van der Waals surface area contributed by atoms with Crippen molar-refractivity contribution in [2.45, 2.75) is 26.7 Å². The van der Waals surface area contributed by atoms with Crippen LogP contribution in [0.2, 0.25) is 0 Å². The van der Waals surface area contributed by atoms with Crippen molar-refractivity contribution in [1.29, 1.82) is 0 Å². The lowest BCUT2D eigenvalue weighted by Crippen LogP contribution is -2.39. The molecular formula is C17H23BrN4O2. The minimum Gasteiger partial charge on any atom is -0.377 e. The van der Waals surface area contributed by atoms with Gasteiger partial charge in [0.1, 0.15) is 5.69 Å². The van der Waals surface area contributed by atoms with Gasteiger partial charge >= 0.3 is 0 Å². The molecular weight excluding hydrogens is 372 g/mol. The lowest BCUT2D eigenvalue weighted by molar-refractivity contribution is -0.227. The van der Waals surface area contributed by atoms with Crippen LogP contribution in [0, 0.1) is 5.41 Å². The number of rotatable bonds is 4. The number of anilines is 1. The highest BCUT2D eigenvalue weighted by molar-refractivity contribution is 9.10. The minimum absolute atomic E-state index is 0.0715. The Morgan fingerprint density at radius 2 is 2.00 bits per heavy atom. The Kier molecular flexibility index (Phi) is 4.94. The average Bonchev–Trinajstić information content (AvgIpc) is 2.97. The number of benzene rings is 1. The van der Waals surface area contributed by atoms with Crippen LogP contribution in [0.5, 0.6) is 0 Å². The summed E-state index contributed by atoms with van der Waals surface area (Å²) in [4.78, 5) is 2.06. The van der Waals surface area contributed by atoms with E-state index in [0.29, 0.717) is 19.8 Å². The normalized spacial score (nSPS) is 17.9. The molecule has 130 valence electrons. The van der Waals surface area contributed by atoms with Crippen LogP contribution in [0.4, 0.5) is 5.69 Å². The van der Waals surface area contributed by atoms with Gasteiger partial charge in [-0.25, -0.2) is 4.68 Å². The summed E-state index contributed by atoms with van der Waals surface area (Å²) < 4.78 is 14.3. The van der Waals surface area contributed by atoms with Gasteiger partial charge in [0.2, 0.25) is 0 Å². The topological polar surface area (TPSA) is 52.4 Å². The standard InChI is InChI=1S/C17H23BrN4O2/c1-17(2)10-23-16(24-11-17)9-22-8-14(19-20-22)13-6-5-12(18)7-15(13)21(3)4/h5-8,16H,9-11H2,1-4H3. The molecule has 0 unspecified atom stereocenters. The van der Waals surface area contributed by atoms with Crippen LogP contribution >= 0.6 is 15.9 Å². The molecule has 2 aromatic rings. The molecule has 6 nitrogen and oxygen atoms in total. The molecule has 0 amide bonds. The third-order valence-electron chi connectivity index (χ3n) is 3.91. The molecule has 1 fully saturated rings. The summed E-state index contributed by atoms with van der Waals surface area (Å²) in [5.41, 5.74) is 3.04. The average molecular weight is 395 g/mol. The van der Waals surface area contributed by atoms with Crippen molar-refractivity contribution in [3.8, 4) is 11.3 Å². The number of hydrogen-bond acceptors (Lipinski definition) is 5. The molecule has 0 saturated carbocycles. The first kappa shape index (κ1) is 17.4. The number of halogens is 1. The maximum Gasteiger partial charge on any atom is 0.177 e. The van der Waals surface area contributed by atoms with Gasteiger partial charge < -0.3 is 14.4 Å². The molecule has 0 bridgehead atoms. The Balaban J connectivity index is 1.75. The molecule has 1 saturated heterocycles. The zero-order valence-corrected chi connectivity index (χ0v) is 16.1. The molecule has 0 aliphatic carbocycles. The number of ether oxygens (including phenoxy) is 2. The van der Waals surface area contributed by atoms with Gasteiger partial charge in [-0.2, -0.15) is 0 Å². The van der Waals surface area contributed by atoms with Crippen LogP contribution in [-0.2, 0) is 16.0 Å². The monoisotopic (exact) mass is 394 g/mol. The summed E-state index contributed by atoms with van der Waals surface area (Å²) >= 11 is 3.52. The van der Waals surface area contributed by atoms with Crippen molar-refractivity contribution in [2.75, 3.05) is 32.2 Å². The van der Waals surface area contributed by atoms with Crippen LogP contribution in [0.3, 0.4) is 0 Å². The fourth-order valence-electron chi connectivity index (χ4n) is 2.59. The van der Waals surface area contributed by atoms with Gasteiger partial charge in [0.15, 0.2) is 6.29 Å². The summed E-state index contributed by atoms with van der Waals surface area (Å²) in [5.74, 6) is 0. The Morgan fingerprint density at radius 3 is 2.67 bits per heavy atom. The Bertz CT molecular complexity index is 704. The van der Waals surface area contributed by atoms with Gasteiger partial charge in [-0.3, -0.25) is 0 Å². The molecule has 24 heavy (non-hydrogen) atoms. The fraction of sp³-hybridized carbons (Fsp3) is 0.529. The molecule has 7 heteroatoms. The van der Waals surface area contributed by atoms with Crippen molar-refractivity contribution in [2.24, 2.45) is 5.41 Å². The Hall–Kier alpha value is -1.44. The van der Waals surface area contributed by atoms with E-state index in [2.05, 4.69) is 51.1 Å². The first-order valence-corrected chi connectivity index (χ1v) is 8.74. The molecule has 2 heterocycles. The highest BCUT2D eigenvalue weighted by Gasteiger charge is 2.28. The zero-order chi connectivity index (χ0) is 17.3. The first-order chi connectivity index (χ1) is 11.3. The fourth-order valence-corrected chi connectivity index (χ4v) is 2.94. The SMILES string of the molecule is CN(C)c1cc(Br)ccc1-c1cn(CC2OCC(C)(C)CO2)nn1. The lowest BCUT2D eigenvalue weighted by atomic mass is 9.96. The molecule has 0 N–H and O–H groups in total. The summed E-state index contributed by atoms with van der Waals surface area (Å²) in [5, 5.41) is 8.54. The maximum absolute atomic E-state index is 5.76. The molecule has 0 spiro atoms. The third-order valence-corrected chi connectivity index (χ3v) is 4.41. The highest BCUT2D eigenvalue weighted by Crippen LogP contribution is 2.31. The van der Waals surface area contributed by atoms with E-state index in [-0.39, 0.29) is 11.7 Å². The summed E-state index contributed by atoms with van der Waals surface area (Å²) in [7, 11) is 4.03. The van der Waals surface area contributed by atoms with Crippen molar-refractivity contribution in [1.82, 2.24) is 15.0 Å². The van der Waals surface area contributed by atoms with E-state index in [0.717, 1.165) is 21.4 Å². The molecule has 1 aliphatic heterocycles. The molecule has 0 radical (unpaired) electrons. The van der Waals surface area contributed by atoms with Gasteiger partial charge in [0.05, 0.1) is 26.0 Å². The summed E-state index contributed by atoms with van der Waals surface area (Å²) in [6, 6.07) is 6.13. The van der Waals surface area contributed by atoms with Crippen LogP contribution in [0.15, 0.2) is 28.9 Å². The van der Waals surface area contributed by atoms with Gasteiger partial charge in [-0.1, -0.05) is 35.0 Å². The zero-order valence-electron chi connectivity index (χ0n) is 14.5. The quantitative estimate of drug-likeness (QED) is 0.796. The van der Waals surface area contributed by atoms with Crippen LogP contribution in [-0.4, -0.2) is 48.6 Å². The Labute approximate surface area is 150 Å². The van der Waals surface area contributed by atoms with Crippen molar-refractivity contribution in [3.63, 3.8) is 0 Å². The van der Waals surface area contributed by atoms with Crippen molar-refractivity contribution < 1.29 is 9.47 Å². The van der Waals surface area contributed by atoms with Crippen LogP contribution in [0.1, 0.15) is 13.8 Å². The van der Waals surface area contributed by atoms with Crippen molar-refractivity contribution in [3.05, 3.63) is 28.9 Å². The predicted molar refractivity (Wildman–Crippen MR) is 97.0 cm³/mol. The third kappa shape index (κ3) is 3.96. The van der Waals surface area contributed by atoms with E-state index >= 15 is 0 Å². The number of nitrogens with zero attached hydrogens (tertiary/aromatic N) is 4. The second kappa shape index (κ2) is 6.82. The summed E-state index contributed by atoms with van der Waals surface area (Å²) in [6.45, 7) is 6.19. The second-order valence-corrected chi connectivity index (χ2v) is 8.01. The molecule has 1 aromatic heterocycles. The highest BCUT2D eigenvalue weighted by atomic mass is 79.9. The van der Waals surface area contributed by atoms with E-state index in [1.807, 2.05) is 32.4 Å². The summed E-state index contributed by atoms with van der Waals surface area (Å²) in [6.07, 6.45) is 1.66. The van der Waals surface area contributed by atoms with Gasteiger partial charge in [-0.05, 0) is 18.2 Å². The van der Waals surface area contributed by atoms with E-state index in [4.69, 9.17) is 9.47 Å². The lowest BCUT2D eigenvalue weighted by Gasteiger charge is -2.34. The number of aromatic nitrogens is 3. The Morgan fingerprint density at radius 1 is 1.29 bits per heavy atom. The number of hydrogen-bond donors (Lipinski definition) is 0. The van der Waals surface area contributed by atoms with E-state index in [9.17, 15) is 0 Å². The second-order valence-electron chi connectivity index (χ2n) is 7.10. The molecule has 0 atom stereocenters. The van der Waals surface area contributed by atoms with Crippen LogP contribution < -0.4 is 4.90 Å². The first-order valence-electron chi connectivity index (χ1n) is 7.95. The molecule has 1 aliphatic rings. The van der Waals surface area contributed by atoms with E-state index in [1.54, 1.807) is 4.68 Å². The smallest absolute Gasteiger partial charge is 0.177 e. The van der Waals surface area contributed by atoms with E-state index in [1.165, 1.54) is 0 Å².